The molecule has 0 aromatic heterocycles. The number of nitrogens with one attached hydrogen (secondary N) is 1. The Kier molecular flexibility index (Phi) is 5.33. The van der Waals surface area contributed by atoms with Gasteiger partial charge in [0.1, 0.15) is 6.04 Å². The maximum atomic E-state index is 12.2. The lowest BCUT2D eigenvalue weighted by Gasteiger charge is -2.18. The summed E-state index contributed by atoms with van der Waals surface area (Å²) in [5, 5.41) is 11.6. The van der Waals surface area contributed by atoms with E-state index in [0.717, 1.165) is 4.90 Å². The van der Waals surface area contributed by atoms with Crippen LogP contribution in [0.25, 0.3) is 0 Å². The summed E-state index contributed by atoms with van der Waals surface area (Å²) in [4.78, 5) is 48.5. The fourth-order valence-corrected chi connectivity index (χ4v) is 2.61. The summed E-state index contributed by atoms with van der Waals surface area (Å²) >= 11 is 0. The first kappa shape index (κ1) is 17.7. The van der Waals surface area contributed by atoms with Crippen LogP contribution in [0.15, 0.2) is 24.3 Å². The number of imide groups is 1. The molecule has 1 aliphatic heterocycles. The monoisotopic (exact) mass is 332 g/mol. The SMILES string of the molecule is CC(C)C[C@@H](NC(=O)CCN1C(=O)c2ccccc2C1=O)C(=O)O. The minimum Gasteiger partial charge on any atom is -0.480 e. The van der Waals surface area contributed by atoms with E-state index < -0.39 is 29.7 Å². The predicted molar refractivity (Wildman–Crippen MR) is 85.4 cm³/mol. The van der Waals surface area contributed by atoms with Gasteiger partial charge in [0.2, 0.25) is 5.91 Å². The standard InChI is InChI=1S/C17H20N2O5/c1-10(2)9-13(17(23)24)18-14(20)7-8-19-15(21)11-5-3-4-6-12(11)16(19)22/h3-6,10,13H,7-9H2,1-2H3,(H,18,20)(H,23,24)/t13-/m1/s1. The van der Waals surface area contributed by atoms with Gasteiger partial charge in [0.25, 0.3) is 11.8 Å². The second-order valence-electron chi connectivity index (χ2n) is 6.15. The van der Waals surface area contributed by atoms with Crippen LogP contribution in [-0.4, -0.2) is 46.3 Å². The molecular weight excluding hydrogens is 312 g/mol. The summed E-state index contributed by atoms with van der Waals surface area (Å²) in [6, 6.07) is 5.50. The highest BCUT2D eigenvalue weighted by Crippen LogP contribution is 2.22. The number of carbonyl (C=O) groups excluding carboxylic acids is 3. The van der Waals surface area contributed by atoms with Crippen LogP contribution in [-0.2, 0) is 9.59 Å². The van der Waals surface area contributed by atoms with E-state index in [1.807, 2.05) is 13.8 Å². The quantitative estimate of drug-likeness (QED) is 0.732. The Bertz CT molecular complexity index is 648. The van der Waals surface area contributed by atoms with Gasteiger partial charge in [0.15, 0.2) is 0 Å². The highest BCUT2D eigenvalue weighted by Gasteiger charge is 2.35. The van der Waals surface area contributed by atoms with Crippen molar-refractivity contribution in [1.82, 2.24) is 10.2 Å². The highest BCUT2D eigenvalue weighted by atomic mass is 16.4. The van der Waals surface area contributed by atoms with Crippen molar-refractivity contribution in [3.05, 3.63) is 35.4 Å². The zero-order valence-electron chi connectivity index (χ0n) is 13.6. The minimum absolute atomic E-state index is 0.0772. The van der Waals surface area contributed by atoms with Gasteiger partial charge in [0.05, 0.1) is 11.1 Å². The molecule has 0 unspecified atom stereocenters. The number of benzene rings is 1. The smallest absolute Gasteiger partial charge is 0.326 e. The maximum Gasteiger partial charge on any atom is 0.326 e. The number of carboxylic acid groups (broad SMARTS) is 1. The molecule has 7 heteroatoms. The Morgan fingerprint density at radius 2 is 1.67 bits per heavy atom. The molecule has 1 aromatic rings. The molecule has 2 N–H and O–H groups in total. The number of hydrogen-bond donors (Lipinski definition) is 2. The third-order valence-electron chi connectivity index (χ3n) is 3.78. The molecule has 128 valence electrons. The Hall–Kier alpha value is -2.70. The molecular formula is C17H20N2O5. The molecule has 7 nitrogen and oxygen atoms in total. The van der Waals surface area contributed by atoms with Crippen molar-refractivity contribution in [3.63, 3.8) is 0 Å². The van der Waals surface area contributed by atoms with Crippen LogP contribution in [0.3, 0.4) is 0 Å². The molecule has 3 amide bonds. The fourth-order valence-electron chi connectivity index (χ4n) is 2.61. The average Bonchev–Trinajstić information content (AvgIpc) is 2.76. The first-order valence-electron chi connectivity index (χ1n) is 7.78. The van der Waals surface area contributed by atoms with Crippen LogP contribution in [0.2, 0.25) is 0 Å². The summed E-state index contributed by atoms with van der Waals surface area (Å²) in [7, 11) is 0. The fraction of sp³-hybridized carbons (Fsp3) is 0.412. The van der Waals surface area contributed by atoms with Crippen LogP contribution in [0.4, 0.5) is 0 Å². The van der Waals surface area contributed by atoms with Crippen molar-refractivity contribution in [2.75, 3.05) is 6.54 Å². The third kappa shape index (κ3) is 3.79. The van der Waals surface area contributed by atoms with E-state index in [4.69, 9.17) is 5.11 Å². The topological polar surface area (TPSA) is 104 Å². The van der Waals surface area contributed by atoms with E-state index in [9.17, 15) is 19.2 Å². The molecule has 24 heavy (non-hydrogen) atoms. The second kappa shape index (κ2) is 7.25. The van der Waals surface area contributed by atoms with Gasteiger partial charge in [-0.25, -0.2) is 4.79 Å². The number of carbonyl (C=O) groups is 4. The molecule has 0 radical (unpaired) electrons. The summed E-state index contributed by atoms with van der Waals surface area (Å²) in [6.07, 6.45) is 0.182. The van der Waals surface area contributed by atoms with Gasteiger partial charge in [-0.05, 0) is 24.5 Å². The molecule has 1 aliphatic rings. The van der Waals surface area contributed by atoms with Gasteiger partial charge in [0, 0.05) is 13.0 Å². The lowest BCUT2D eigenvalue weighted by atomic mass is 10.0. The molecule has 1 aromatic carbocycles. The number of aliphatic carboxylic acids is 1. The summed E-state index contributed by atoms with van der Waals surface area (Å²) in [5.74, 6) is -2.35. The van der Waals surface area contributed by atoms with Crippen LogP contribution >= 0.6 is 0 Å². The Balaban J connectivity index is 1.94. The first-order valence-corrected chi connectivity index (χ1v) is 7.78. The third-order valence-corrected chi connectivity index (χ3v) is 3.78. The Morgan fingerprint density at radius 3 is 2.12 bits per heavy atom. The van der Waals surface area contributed by atoms with Crippen molar-refractivity contribution >= 4 is 23.7 Å². The lowest BCUT2D eigenvalue weighted by molar-refractivity contribution is -0.142. The largest absolute Gasteiger partial charge is 0.480 e. The van der Waals surface area contributed by atoms with Crippen molar-refractivity contribution in [2.45, 2.75) is 32.7 Å². The number of hydrogen-bond acceptors (Lipinski definition) is 4. The molecule has 0 bridgehead atoms. The van der Waals surface area contributed by atoms with E-state index >= 15 is 0 Å². The first-order chi connectivity index (χ1) is 11.3. The van der Waals surface area contributed by atoms with E-state index in [1.54, 1.807) is 24.3 Å². The molecule has 1 heterocycles. The number of carboxylic acids is 1. The highest BCUT2D eigenvalue weighted by molar-refractivity contribution is 6.21. The van der Waals surface area contributed by atoms with E-state index in [0.29, 0.717) is 17.5 Å². The summed E-state index contributed by atoms with van der Waals surface area (Å²) in [5.41, 5.74) is 0.650. The van der Waals surface area contributed by atoms with E-state index in [-0.39, 0.29) is 18.9 Å². The molecule has 0 fully saturated rings. The Labute approximate surface area is 139 Å². The van der Waals surface area contributed by atoms with E-state index in [2.05, 4.69) is 5.32 Å². The summed E-state index contributed by atoms with van der Waals surface area (Å²) < 4.78 is 0. The van der Waals surface area contributed by atoms with Crippen LogP contribution in [0.1, 0.15) is 47.4 Å². The molecule has 1 atom stereocenters. The number of nitrogens with zero attached hydrogens (tertiary/aromatic N) is 1. The molecule has 0 saturated carbocycles. The normalized spacial score (nSPS) is 14.7. The molecule has 2 rings (SSSR count). The number of amides is 3. The average molecular weight is 332 g/mol. The zero-order valence-corrected chi connectivity index (χ0v) is 13.6. The molecule has 0 aliphatic carbocycles. The maximum absolute atomic E-state index is 12.2. The van der Waals surface area contributed by atoms with Gasteiger partial charge in [-0.2, -0.15) is 0 Å². The van der Waals surface area contributed by atoms with Crippen molar-refractivity contribution in [2.24, 2.45) is 5.92 Å². The lowest BCUT2D eigenvalue weighted by Crippen LogP contribution is -2.43. The van der Waals surface area contributed by atoms with Gasteiger partial charge in [-0.1, -0.05) is 26.0 Å². The van der Waals surface area contributed by atoms with Gasteiger partial charge >= 0.3 is 5.97 Å². The van der Waals surface area contributed by atoms with Crippen molar-refractivity contribution in [3.8, 4) is 0 Å². The van der Waals surface area contributed by atoms with Crippen LogP contribution in [0.5, 0.6) is 0 Å². The van der Waals surface area contributed by atoms with Crippen LogP contribution in [0, 0.1) is 5.92 Å². The Morgan fingerprint density at radius 1 is 1.12 bits per heavy atom. The molecule has 0 spiro atoms. The number of fused-ring (bicyclic) bond motifs is 1. The summed E-state index contributed by atoms with van der Waals surface area (Å²) in [6.45, 7) is 3.65. The predicted octanol–water partition coefficient (Wildman–Crippen LogP) is 1.29. The zero-order chi connectivity index (χ0) is 17.9. The van der Waals surface area contributed by atoms with E-state index in [1.165, 1.54) is 0 Å². The van der Waals surface area contributed by atoms with Crippen molar-refractivity contribution < 1.29 is 24.3 Å². The van der Waals surface area contributed by atoms with Gasteiger partial charge < -0.3 is 10.4 Å². The minimum atomic E-state index is -1.10. The second-order valence-corrected chi connectivity index (χ2v) is 6.15. The van der Waals surface area contributed by atoms with Crippen LogP contribution < -0.4 is 5.32 Å². The van der Waals surface area contributed by atoms with Gasteiger partial charge in [-0.3, -0.25) is 19.3 Å². The molecule has 0 saturated heterocycles. The number of rotatable bonds is 7. The van der Waals surface area contributed by atoms with Crippen molar-refractivity contribution in [1.29, 1.82) is 0 Å². The van der Waals surface area contributed by atoms with Gasteiger partial charge in [-0.15, -0.1) is 0 Å².